The van der Waals surface area contributed by atoms with Crippen molar-refractivity contribution >= 4 is 8.32 Å². The van der Waals surface area contributed by atoms with E-state index in [0.717, 1.165) is 12.8 Å². The van der Waals surface area contributed by atoms with Gasteiger partial charge >= 0.3 is 0 Å². The van der Waals surface area contributed by atoms with Gasteiger partial charge in [0.15, 0.2) is 0 Å². The second-order valence-corrected chi connectivity index (χ2v) is 11.6. The molecule has 1 saturated heterocycles. The first-order valence-electron chi connectivity index (χ1n) is 6.97. The molecule has 0 unspecified atom stereocenters. The molecule has 18 heavy (non-hydrogen) atoms. The number of rotatable bonds is 4. The summed E-state index contributed by atoms with van der Waals surface area (Å²) in [6, 6.07) is 0. The van der Waals surface area contributed by atoms with Crippen LogP contribution < -0.4 is 0 Å². The molecule has 0 N–H and O–H groups in total. The lowest BCUT2D eigenvalue weighted by atomic mass is 9.93. The molecule has 0 aliphatic carbocycles. The lowest BCUT2D eigenvalue weighted by Crippen LogP contribution is -2.46. The minimum absolute atomic E-state index is 0.0821. The number of hydrogen-bond donors (Lipinski definition) is 0. The van der Waals surface area contributed by atoms with Gasteiger partial charge in [-0.1, -0.05) is 34.1 Å². The van der Waals surface area contributed by atoms with Gasteiger partial charge in [0.1, 0.15) is 0 Å². The van der Waals surface area contributed by atoms with E-state index in [1.807, 2.05) is 0 Å². The van der Waals surface area contributed by atoms with Crippen molar-refractivity contribution in [2.24, 2.45) is 5.92 Å². The smallest absolute Gasteiger partial charge is 0.264 e. The molecule has 4 heteroatoms. The lowest BCUT2D eigenvalue weighted by Gasteiger charge is -2.39. The van der Waals surface area contributed by atoms with E-state index in [0.29, 0.717) is 18.0 Å². The Morgan fingerprint density at radius 3 is 2.56 bits per heavy atom. The van der Waals surface area contributed by atoms with Crippen molar-refractivity contribution in [3.63, 3.8) is 0 Å². The SMILES string of the molecule is CCC[C@H]1O[C@@H]2OC(O[Si](C)(C)C(C)(C)C)=C[C@@H]21. The standard InChI is InChI=1S/C14H26O3Si/c1-7-8-11-10-9-12(16-13(10)15-11)17-18(5,6)14(2,3)4/h9-11,13H,7-8H2,1-6H3/t10-,11-,13-/m1/s1. The first-order valence-corrected chi connectivity index (χ1v) is 9.88. The average Bonchev–Trinajstić information content (AvgIpc) is 2.51. The Labute approximate surface area is 112 Å². The first-order chi connectivity index (χ1) is 8.24. The highest BCUT2D eigenvalue weighted by atomic mass is 28.4. The molecule has 0 aromatic heterocycles. The highest BCUT2D eigenvalue weighted by Gasteiger charge is 2.49. The molecule has 1 fully saturated rings. The van der Waals surface area contributed by atoms with Crippen molar-refractivity contribution in [1.82, 2.24) is 0 Å². The maximum Gasteiger partial charge on any atom is 0.264 e. The van der Waals surface area contributed by atoms with Crippen LogP contribution >= 0.6 is 0 Å². The summed E-state index contributed by atoms with van der Waals surface area (Å²) in [7, 11) is -1.79. The normalized spacial score (nSPS) is 31.2. The largest absolute Gasteiger partial charge is 0.519 e. The molecule has 2 heterocycles. The fourth-order valence-electron chi connectivity index (χ4n) is 2.05. The quantitative estimate of drug-likeness (QED) is 0.722. The summed E-state index contributed by atoms with van der Waals surface area (Å²) in [6.45, 7) is 13.4. The van der Waals surface area contributed by atoms with Crippen LogP contribution in [-0.4, -0.2) is 20.7 Å². The fraction of sp³-hybridized carbons (Fsp3) is 0.857. The first kappa shape index (κ1) is 13.9. The van der Waals surface area contributed by atoms with Gasteiger partial charge in [-0.15, -0.1) is 0 Å². The predicted molar refractivity (Wildman–Crippen MR) is 74.5 cm³/mol. The van der Waals surface area contributed by atoms with Gasteiger partial charge in [0.25, 0.3) is 14.3 Å². The van der Waals surface area contributed by atoms with Crippen LogP contribution in [0.5, 0.6) is 0 Å². The summed E-state index contributed by atoms with van der Waals surface area (Å²) < 4.78 is 17.6. The van der Waals surface area contributed by atoms with E-state index >= 15 is 0 Å². The van der Waals surface area contributed by atoms with Gasteiger partial charge in [-0.25, -0.2) is 0 Å². The Bertz CT molecular complexity index is 343. The van der Waals surface area contributed by atoms with Crippen LogP contribution in [0.15, 0.2) is 12.0 Å². The van der Waals surface area contributed by atoms with E-state index in [4.69, 9.17) is 13.9 Å². The second kappa shape index (κ2) is 4.56. The van der Waals surface area contributed by atoms with Crippen LogP contribution in [0.25, 0.3) is 0 Å². The molecule has 2 aliphatic heterocycles. The molecule has 3 atom stereocenters. The molecule has 2 rings (SSSR count). The topological polar surface area (TPSA) is 27.7 Å². The van der Waals surface area contributed by atoms with E-state index in [-0.39, 0.29) is 11.3 Å². The zero-order valence-corrected chi connectivity index (χ0v) is 13.4. The fourth-order valence-corrected chi connectivity index (χ4v) is 2.98. The molecule has 0 radical (unpaired) electrons. The second-order valence-electron chi connectivity index (χ2n) is 6.87. The summed E-state index contributed by atoms with van der Waals surface area (Å²) in [5.41, 5.74) is 0. The van der Waals surface area contributed by atoms with E-state index in [2.05, 4.69) is 46.9 Å². The molecule has 0 aromatic rings. The van der Waals surface area contributed by atoms with E-state index in [9.17, 15) is 0 Å². The van der Waals surface area contributed by atoms with Crippen LogP contribution in [-0.2, 0) is 13.9 Å². The Kier molecular flexibility index (Phi) is 3.53. The zero-order valence-electron chi connectivity index (χ0n) is 12.4. The van der Waals surface area contributed by atoms with Gasteiger partial charge < -0.3 is 13.9 Å². The molecule has 0 aromatic carbocycles. The molecular weight excluding hydrogens is 244 g/mol. The number of hydrogen-bond acceptors (Lipinski definition) is 3. The zero-order chi connectivity index (χ0) is 13.6. The van der Waals surface area contributed by atoms with Crippen molar-refractivity contribution in [2.75, 3.05) is 0 Å². The number of fused-ring (bicyclic) bond motifs is 1. The summed E-state index contributed by atoms with van der Waals surface area (Å²) in [6.07, 6.45) is 4.64. The lowest BCUT2D eigenvalue weighted by molar-refractivity contribution is -0.266. The summed E-state index contributed by atoms with van der Waals surface area (Å²) in [5, 5.41) is 0.197. The van der Waals surface area contributed by atoms with E-state index in [1.165, 1.54) is 0 Å². The van der Waals surface area contributed by atoms with E-state index < -0.39 is 8.32 Å². The Morgan fingerprint density at radius 1 is 1.33 bits per heavy atom. The van der Waals surface area contributed by atoms with Gasteiger partial charge in [-0.3, -0.25) is 0 Å². The van der Waals surface area contributed by atoms with Crippen LogP contribution in [0.2, 0.25) is 18.1 Å². The van der Waals surface area contributed by atoms with Crippen molar-refractivity contribution < 1.29 is 13.9 Å². The monoisotopic (exact) mass is 270 g/mol. The van der Waals surface area contributed by atoms with Crippen molar-refractivity contribution in [3.8, 4) is 0 Å². The third-order valence-corrected chi connectivity index (χ3v) is 8.67. The minimum Gasteiger partial charge on any atom is -0.519 e. The van der Waals surface area contributed by atoms with Crippen LogP contribution in [0, 0.1) is 5.92 Å². The Morgan fingerprint density at radius 2 is 2.00 bits per heavy atom. The Hall–Kier alpha value is -0.483. The van der Waals surface area contributed by atoms with Crippen molar-refractivity contribution in [1.29, 1.82) is 0 Å². The highest BCUT2D eigenvalue weighted by molar-refractivity contribution is 6.74. The number of ether oxygens (including phenoxy) is 2. The maximum atomic E-state index is 6.17. The third kappa shape index (κ3) is 2.45. The van der Waals surface area contributed by atoms with Gasteiger partial charge in [0.05, 0.1) is 12.0 Å². The van der Waals surface area contributed by atoms with Crippen molar-refractivity contribution in [3.05, 3.63) is 12.0 Å². The summed E-state index contributed by atoms with van der Waals surface area (Å²) in [5.74, 6) is 1.11. The van der Waals surface area contributed by atoms with Crippen LogP contribution in [0.1, 0.15) is 40.5 Å². The molecule has 104 valence electrons. The minimum atomic E-state index is -1.79. The molecule has 3 nitrogen and oxygen atoms in total. The van der Waals surface area contributed by atoms with Gasteiger partial charge in [-0.05, 0) is 24.6 Å². The predicted octanol–water partition coefficient (Wildman–Crippen LogP) is 4.02. The molecule has 2 aliphatic rings. The van der Waals surface area contributed by atoms with Gasteiger partial charge in [0, 0.05) is 6.08 Å². The average molecular weight is 270 g/mol. The maximum absolute atomic E-state index is 6.17. The molecule has 0 saturated carbocycles. The summed E-state index contributed by atoms with van der Waals surface area (Å²) in [4.78, 5) is 0. The molecule has 0 bridgehead atoms. The molecular formula is C14H26O3Si. The Balaban J connectivity index is 1.97. The highest BCUT2D eigenvalue weighted by Crippen LogP contribution is 2.44. The van der Waals surface area contributed by atoms with Crippen LogP contribution in [0.3, 0.4) is 0 Å². The molecule has 0 amide bonds. The molecule has 0 spiro atoms. The van der Waals surface area contributed by atoms with Gasteiger partial charge in [-0.2, -0.15) is 0 Å². The third-order valence-electron chi connectivity index (χ3n) is 4.35. The summed E-state index contributed by atoms with van der Waals surface area (Å²) >= 11 is 0. The van der Waals surface area contributed by atoms with Gasteiger partial charge in [0.2, 0.25) is 6.29 Å². The van der Waals surface area contributed by atoms with Crippen LogP contribution in [0.4, 0.5) is 0 Å². The van der Waals surface area contributed by atoms with E-state index in [1.54, 1.807) is 0 Å². The van der Waals surface area contributed by atoms with Crippen molar-refractivity contribution in [2.45, 2.75) is 71.1 Å².